The van der Waals surface area contributed by atoms with Gasteiger partial charge in [-0.05, 0) is 60.9 Å². The van der Waals surface area contributed by atoms with E-state index in [1.165, 1.54) is 57.7 Å². The summed E-state index contributed by atoms with van der Waals surface area (Å²) in [5.74, 6) is -1.65. The summed E-state index contributed by atoms with van der Waals surface area (Å²) in [5, 5.41) is 2.60. The topological polar surface area (TPSA) is 137 Å². The number of amides is 1. The second-order valence-corrected chi connectivity index (χ2v) is 9.98. The van der Waals surface area contributed by atoms with E-state index in [0.717, 1.165) is 0 Å². The molecule has 0 saturated heterocycles. The Kier molecular flexibility index (Phi) is 9.21. The molecule has 1 amide bonds. The molecule has 11 heteroatoms. The van der Waals surface area contributed by atoms with Crippen molar-refractivity contribution in [2.45, 2.75) is 24.3 Å². The Labute approximate surface area is 221 Å². The summed E-state index contributed by atoms with van der Waals surface area (Å²) in [6, 6.07) is 15.9. The summed E-state index contributed by atoms with van der Waals surface area (Å²) in [5.41, 5.74) is 1.39. The van der Waals surface area contributed by atoms with Gasteiger partial charge >= 0.3 is 11.9 Å². The van der Waals surface area contributed by atoms with E-state index in [0.29, 0.717) is 16.9 Å². The molecule has 1 atom stereocenters. The van der Waals surface area contributed by atoms with Gasteiger partial charge in [-0.2, -0.15) is 4.72 Å². The summed E-state index contributed by atoms with van der Waals surface area (Å²) >= 11 is 0. The Morgan fingerprint density at radius 2 is 1.45 bits per heavy atom. The van der Waals surface area contributed by atoms with Crippen LogP contribution in [0.1, 0.15) is 31.8 Å². The maximum Gasteiger partial charge on any atom is 0.337 e. The van der Waals surface area contributed by atoms with Crippen LogP contribution in [0.25, 0.3) is 0 Å². The third-order valence-corrected chi connectivity index (χ3v) is 7.09. The fourth-order valence-electron chi connectivity index (χ4n) is 3.71. The first-order valence-electron chi connectivity index (χ1n) is 11.4. The van der Waals surface area contributed by atoms with Gasteiger partial charge in [0.2, 0.25) is 15.9 Å². The predicted molar refractivity (Wildman–Crippen MR) is 140 cm³/mol. The van der Waals surface area contributed by atoms with Crippen LogP contribution in [0.5, 0.6) is 5.75 Å². The van der Waals surface area contributed by atoms with Gasteiger partial charge in [-0.15, -0.1) is 0 Å². The van der Waals surface area contributed by atoms with Gasteiger partial charge in [-0.25, -0.2) is 18.0 Å². The molecule has 0 aliphatic carbocycles. The van der Waals surface area contributed by atoms with E-state index in [9.17, 15) is 22.8 Å². The van der Waals surface area contributed by atoms with Gasteiger partial charge in [0.25, 0.3) is 0 Å². The molecule has 0 fully saturated rings. The van der Waals surface area contributed by atoms with Gasteiger partial charge in [-0.3, -0.25) is 4.79 Å². The zero-order valence-corrected chi connectivity index (χ0v) is 22.1. The average Bonchev–Trinajstić information content (AvgIpc) is 2.91. The van der Waals surface area contributed by atoms with E-state index in [4.69, 9.17) is 14.2 Å². The first-order chi connectivity index (χ1) is 18.1. The molecule has 200 valence electrons. The van der Waals surface area contributed by atoms with E-state index in [1.54, 1.807) is 37.3 Å². The predicted octanol–water partition coefficient (Wildman–Crippen LogP) is 3.11. The number of carbonyl (C=O) groups excluding carboxylic acids is 3. The molecule has 3 aromatic carbocycles. The third-order valence-electron chi connectivity index (χ3n) is 5.62. The summed E-state index contributed by atoms with van der Waals surface area (Å²) in [4.78, 5) is 37.6. The van der Waals surface area contributed by atoms with Crippen LogP contribution in [0.4, 0.5) is 5.69 Å². The molecule has 3 rings (SSSR count). The van der Waals surface area contributed by atoms with Gasteiger partial charge in [0.05, 0.1) is 37.4 Å². The molecule has 3 aromatic rings. The Morgan fingerprint density at radius 3 is 1.97 bits per heavy atom. The zero-order valence-electron chi connectivity index (χ0n) is 21.3. The molecule has 0 heterocycles. The SMILES string of the molecule is COC(=O)c1cc(NC(=O)[C@@H](Cc2ccccc2)NS(=O)(=O)c2ccc(OC)c(C)c2)cc(C(=O)OC)c1. The van der Waals surface area contributed by atoms with Crippen LogP contribution in [-0.4, -0.2) is 53.6 Å². The van der Waals surface area contributed by atoms with Crippen LogP contribution in [0, 0.1) is 6.92 Å². The summed E-state index contributed by atoms with van der Waals surface area (Å²) in [6.07, 6.45) is 0.0294. The molecule has 0 spiro atoms. The van der Waals surface area contributed by atoms with Crippen molar-refractivity contribution in [2.75, 3.05) is 26.6 Å². The van der Waals surface area contributed by atoms with Crippen molar-refractivity contribution >= 4 is 33.6 Å². The number of carbonyl (C=O) groups is 3. The van der Waals surface area contributed by atoms with Gasteiger partial charge in [0, 0.05) is 5.69 Å². The minimum absolute atomic E-state index is 0.000372. The van der Waals surface area contributed by atoms with E-state index in [-0.39, 0.29) is 28.1 Å². The summed E-state index contributed by atoms with van der Waals surface area (Å²) in [6.45, 7) is 1.71. The number of nitrogens with one attached hydrogen (secondary N) is 2. The Balaban J connectivity index is 1.96. The van der Waals surface area contributed by atoms with Crippen molar-refractivity contribution in [3.8, 4) is 5.75 Å². The van der Waals surface area contributed by atoms with Crippen molar-refractivity contribution in [1.82, 2.24) is 4.72 Å². The van der Waals surface area contributed by atoms with Crippen LogP contribution in [0.3, 0.4) is 0 Å². The molecule has 0 aliphatic heterocycles. The number of hydrogen-bond acceptors (Lipinski definition) is 8. The quantitative estimate of drug-likeness (QED) is 0.374. The smallest absolute Gasteiger partial charge is 0.337 e. The molecular weight excluding hydrogens is 512 g/mol. The lowest BCUT2D eigenvalue weighted by atomic mass is 10.1. The number of esters is 2. The first-order valence-corrected chi connectivity index (χ1v) is 12.9. The van der Waals surface area contributed by atoms with Crippen molar-refractivity contribution in [3.05, 3.63) is 89.0 Å². The first kappa shape index (κ1) is 28.4. The molecule has 0 radical (unpaired) electrons. The van der Waals surface area contributed by atoms with E-state index < -0.39 is 33.9 Å². The van der Waals surface area contributed by atoms with Gasteiger partial charge < -0.3 is 19.5 Å². The third kappa shape index (κ3) is 6.96. The Morgan fingerprint density at radius 1 is 0.842 bits per heavy atom. The summed E-state index contributed by atoms with van der Waals surface area (Å²) in [7, 11) is -0.293. The molecule has 0 unspecified atom stereocenters. The second kappa shape index (κ2) is 12.3. The van der Waals surface area contributed by atoms with Gasteiger partial charge in [0.15, 0.2) is 0 Å². The number of hydrogen-bond donors (Lipinski definition) is 2. The molecule has 10 nitrogen and oxygen atoms in total. The van der Waals surface area contributed by atoms with Crippen LogP contribution < -0.4 is 14.8 Å². The molecule has 0 aromatic heterocycles. The number of ether oxygens (including phenoxy) is 3. The maximum absolute atomic E-state index is 13.4. The number of benzene rings is 3. The van der Waals surface area contributed by atoms with Gasteiger partial charge in [0.1, 0.15) is 11.8 Å². The van der Waals surface area contributed by atoms with E-state index in [1.807, 2.05) is 0 Å². The van der Waals surface area contributed by atoms with Crippen molar-refractivity contribution in [2.24, 2.45) is 0 Å². The number of sulfonamides is 1. The fraction of sp³-hybridized carbons (Fsp3) is 0.222. The second-order valence-electron chi connectivity index (χ2n) is 8.27. The molecular formula is C27H28N2O8S. The molecule has 2 N–H and O–H groups in total. The summed E-state index contributed by atoms with van der Waals surface area (Å²) < 4.78 is 43.6. The Hall–Kier alpha value is -4.22. The van der Waals surface area contributed by atoms with Crippen molar-refractivity contribution < 1.29 is 37.0 Å². The normalized spacial score (nSPS) is 11.8. The molecule has 38 heavy (non-hydrogen) atoms. The monoisotopic (exact) mass is 540 g/mol. The number of aryl methyl sites for hydroxylation is 1. The maximum atomic E-state index is 13.4. The highest BCUT2D eigenvalue weighted by Crippen LogP contribution is 2.22. The van der Waals surface area contributed by atoms with Crippen LogP contribution >= 0.6 is 0 Å². The highest BCUT2D eigenvalue weighted by atomic mass is 32.2. The molecule has 0 aliphatic rings. The minimum atomic E-state index is -4.13. The largest absolute Gasteiger partial charge is 0.496 e. The molecule has 0 bridgehead atoms. The van der Waals surface area contributed by atoms with E-state index in [2.05, 4.69) is 10.0 Å². The zero-order chi connectivity index (χ0) is 27.9. The minimum Gasteiger partial charge on any atom is -0.496 e. The number of anilines is 1. The van der Waals surface area contributed by atoms with Crippen molar-refractivity contribution in [1.29, 1.82) is 0 Å². The lowest BCUT2D eigenvalue weighted by molar-refractivity contribution is -0.117. The highest BCUT2D eigenvalue weighted by molar-refractivity contribution is 7.89. The molecule has 0 saturated carbocycles. The van der Waals surface area contributed by atoms with Crippen LogP contribution in [0.2, 0.25) is 0 Å². The highest BCUT2D eigenvalue weighted by Gasteiger charge is 2.27. The van der Waals surface area contributed by atoms with Crippen LogP contribution in [0.15, 0.2) is 71.6 Å². The Bertz CT molecular complexity index is 1400. The lowest BCUT2D eigenvalue weighted by Crippen LogP contribution is -2.45. The number of methoxy groups -OCH3 is 3. The standard InChI is InChI=1S/C27H28N2O8S/c1-17-12-22(10-11-24(17)35-2)38(33,34)29-23(13-18-8-6-5-7-9-18)25(30)28-21-15-19(26(31)36-3)14-20(16-21)27(32)37-4/h5-12,14-16,23,29H,13H2,1-4H3,(H,28,30)/t23-/m1/s1. The average molecular weight is 541 g/mol. The number of rotatable bonds is 10. The van der Waals surface area contributed by atoms with Crippen LogP contribution in [-0.2, 0) is 30.7 Å². The van der Waals surface area contributed by atoms with Crippen molar-refractivity contribution in [3.63, 3.8) is 0 Å². The fourth-order valence-corrected chi connectivity index (χ4v) is 4.99. The van der Waals surface area contributed by atoms with E-state index >= 15 is 0 Å². The van der Waals surface area contributed by atoms with Gasteiger partial charge in [-0.1, -0.05) is 30.3 Å². The lowest BCUT2D eigenvalue weighted by Gasteiger charge is -2.20.